The Kier molecular flexibility index (Phi) is 5.82. The van der Waals surface area contributed by atoms with Gasteiger partial charge in [-0.05, 0) is 78.2 Å². The number of benzene rings is 1. The van der Waals surface area contributed by atoms with Crippen molar-refractivity contribution in [3.63, 3.8) is 0 Å². The van der Waals surface area contributed by atoms with Gasteiger partial charge in [0.2, 0.25) is 0 Å². The van der Waals surface area contributed by atoms with Gasteiger partial charge in [0.05, 0.1) is 11.5 Å². The largest absolute Gasteiger partial charge is 0.390 e. The van der Waals surface area contributed by atoms with Gasteiger partial charge >= 0.3 is 0 Å². The Labute approximate surface area is 242 Å². The number of hydrogen-bond acceptors (Lipinski definition) is 6. The number of alkyl halides is 2. The fraction of sp³-hybridized carbons (Fsp3) is 0.576. The Bertz CT molecular complexity index is 1500. The predicted molar refractivity (Wildman–Crippen MR) is 154 cm³/mol. The average molecular weight is 582 g/mol. The molecule has 5 aliphatic rings. The van der Waals surface area contributed by atoms with Gasteiger partial charge in [-0.25, -0.2) is 8.78 Å². The number of Topliss-reactive ketones (excluding diaryl/α,β-unsaturated/α-hetero) is 1. The first-order chi connectivity index (χ1) is 19.3. The van der Waals surface area contributed by atoms with Gasteiger partial charge < -0.3 is 10.2 Å². The third kappa shape index (κ3) is 3.20. The third-order valence-corrected chi connectivity index (χ3v) is 13.6. The van der Waals surface area contributed by atoms with E-state index in [2.05, 4.69) is 23.1 Å². The molecule has 41 heavy (non-hydrogen) atoms. The Morgan fingerprint density at radius 2 is 1.95 bits per heavy atom. The lowest BCUT2D eigenvalue weighted by atomic mass is 9.38. The van der Waals surface area contributed by atoms with E-state index in [1.54, 1.807) is 18.3 Å². The molecule has 0 amide bonds. The molecule has 0 unspecified atom stereocenters. The summed E-state index contributed by atoms with van der Waals surface area (Å²) in [5, 5.41) is 23.3. The van der Waals surface area contributed by atoms with Crippen LogP contribution >= 0.6 is 11.3 Å². The number of rotatable bonds is 4. The highest BCUT2D eigenvalue weighted by Crippen LogP contribution is 2.79. The van der Waals surface area contributed by atoms with Crippen LogP contribution in [0.25, 0.3) is 10.1 Å². The van der Waals surface area contributed by atoms with Crippen molar-refractivity contribution >= 4 is 33.0 Å². The molecule has 9 atom stereocenters. The molecule has 2 heterocycles. The van der Waals surface area contributed by atoms with Gasteiger partial charge in [0.25, 0.3) is 0 Å². The molecule has 1 aromatic heterocycles. The first kappa shape index (κ1) is 27.6. The van der Waals surface area contributed by atoms with Crippen LogP contribution in [0.2, 0.25) is 0 Å². The molecule has 2 aromatic rings. The first-order valence-corrected chi connectivity index (χ1v) is 15.5. The van der Waals surface area contributed by atoms with E-state index in [1.807, 2.05) is 26.0 Å². The van der Waals surface area contributed by atoms with Crippen molar-refractivity contribution in [1.82, 2.24) is 4.90 Å². The standard InChI is InChI=1S/C33H37F2NO4S/c1-29-9-8-21(38)11-23(29)24(34)12-26-30(2)13-20-15-36(16-22-10-19-6-4-5-7-25(19)41-22)18-32(20,28(40)17-37)31(30,3)14-27(39)33(26,29)35/h4-11,20,24,26-27,37,39H,12-18H2,1-3H3/t20-,24-,26-,27-,29-,30-,31-,32+,33-/m0/s1. The number of halogens is 2. The smallest absolute Gasteiger partial charge is 0.178 e. The van der Waals surface area contributed by atoms with Crippen LogP contribution in [0.1, 0.15) is 44.9 Å². The Morgan fingerprint density at radius 3 is 2.68 bits per heavy atom. The second-order valence-corrected chi connectivity index (χ2v) is 15.1. The Morgan fingerprint density at radius 1 is 1.20 bits per heavy atom. The zero-order chi connectivity index (χ0) is 29.2. The fourth-order valence-electron chi connectivity index (χ4n) is 10.5. The molecule has 8 heteroatoms. The molecule has 218 valence electrons. The van der Waals surface area contributed by atoms with E-state index in [1.165, 1.54) is 33.2 Å². The third-order valence-electron chi connectivity index (χ3n) is 12.5. The number of aliphatic hydroxyl groups is 2. The summed E-state index contributed by atoms with van der Waals surface area (Å²) in [5.41, 5.74) is -6.24. The lowest BCUT2D eigenvalue weighted by Gasteiger charge is -2.67. The van der Waals surface area contributed by atoms with Crippen molar-refractivity contribution in [3.8, 4) is 0 Å². The molecule has 5 nitrogen and oxygen atoms in total. The van der Waals surface area contributed by atoms with Crippen LogP contribution < -0.4 is 0 Å². The highest BCUT2D eigenvalue weighted by molar-refractivity contribution is 7.19. The van der Waals surface area contributed by atoms with Gasteiger partial charge in [-0.3, -0.25) is 14.5 Å². The summed E-state index contributed by atoms with van der Waals surface area (Å²) >= 11 is 1.73. The summed E-state index contributed by atoms with van der Waals surface area (Å²) in [4.78, 5) is 29.5. The number of hydrogen-bond donors (Lipinski definition) is 2. The summed E-state index contributed by atoms with van der Waals surface area (Å²) in [6.45, 7) is 6.64. The molecule has 4 aliphatic carbocycles. The van der Waals surface area contributed by atoms with Crippen molar-refractivity contribution in [3.05, 3.63) is 59.0 Å². The fourth-order valence-corrected chi connectivity index (χ4v) is 11.6. The van der Waals surface area contributed by atoms with Crippen LogP contribution in [0.3, 0.4) is 0 Å². The Balaban J connectivity index is 1.29. The van der Waals surface area contributed by atoms with Gasteiger partial charge in [-0.2, -0.15) is 0 Å². The van der Waals surface area contributed by atoms with E-state index in [9.17, 15) is 19.8 Å². The number of aliphatic hydroxyl groups excluding tert-OH is 2. The summed E-state index contributed by atoms with van der Waals surface area (Å²) in [6, 6.07) is 10.4. The monoisotopic (exact) mass is 581 g/mol. The lowest BCUT2D eigenvalue weighted by molar-refractivity contribution is -0.242. The predicted octanol–water partition coefficient (Wildman–Crippen LogP) is 5.20. The van der Waals surface area contributed by atoms with Gasteiger partial charge in [0, 0.05) is 40.5 Å². The van der Waals surface area contributed by atoms with Crippen molar-refractivity contribution < 1.29 is 28.6 Å². The van der Waals surface area contributed by atoms with Crippen molar-refractivity contribution in [1.29, 1.82) is 0 Å². The van der Waals surface area contributed by atoms with E-state index >= 15 is 8.78 Å². The number of nitrogens with zero attached hydrogens (tertiary/aromatic N) is 1. The zero-order valence-electron chi connectivity index (χ0n) is 23.7. The highest BCUT2D eigenvalue weighted by atomic mass is 32.1. The van der Waals surface area contributed by atoms with Crippen LogP contribution in [0.5, 0.6) is 0 Å². The maximum absolute atomic E-state index is 17.8. The molecule has 1 saturated heterocycles. The SMILES string of the molecule is C[C@]12C[C@H](O)[C@@]3(F)[C@@H](C[C@H](F)C4=CC(=O)C=C[C@@]43C)[C@]1(C)C[C@H]1CN(Cc3cc4ccccc4s3)C[C@]12C(=O)CO. The molecule has 0 bridgehead atoms. The molecule has 0 radical (unpaired) electrons. The lowest BCUT2D eigenvalue weighted by Crippen LogP contribution is -2.72. The normalized spacial score (nSPS) is 45.2. The molecule has 2 N–H and O–H groups in total. The number of thiophene rings is 1. The maximum atomic E-state index is 17.8. The zero-order valence-corrected chi connectivity index (χ0v) is 24.5. The molecule has 1 aliphatic heterocycles. The molecular formula is C33H37F2NO4S. The van der Waals surface area contributed by atoms with Crippen LogP contribution in [-0.4, -0.2) is 64.3 Å². The maximum Gasteiger partial charge on any atom is 0.178 e. The minimum atomic E-state index is -2.20. The van der Waals surface area contributed by atoms with Crippen molar-refractivity contribution in [2.75, 3.05) is 19.7 Å². The molecule has 3 saturated carbocycles. The summed E-state index contributed by atoms with van der Waals surface area (Å²) in [6.07, 6.45) is 1.33. The minimum Gasteiger partial charge on any atom is -0.390 e. The Hall–Kier alpha value is -2.26. The van der Waals surface area contributed by atoms with Crippen LogP contribution in [-0.2, 0) is 16.1 Å². The van der Waals surface area contributed by atoms with Gasteiger partial charge in [-0.1, -0.05) is 38.1 Å². The average Bonchev–Trinajstić information content (AvgIpc) is 3.56. The van der Waals surface area contributed by atoms with Gasteiger partial charge in [0.1, 0.15) is 12.8 Å². The van der Waals surface area contributed by atoms with Gasteiger partial charge in [-0.15, -0.1) is 11.3 Å². The van der Waals surface area contributed by atoms with Crippen LogP contribution in [0.4, 0.5) is 8.78 Å². The number of ketones is 2. The summed E-state index contributed by atoms with van der Waals surface area (Å²) in [5.74, 6) is -1.67. The first-order valence-electron chi connectivity index (χ1n) is 14.6. The molecule has 0 spiro atoms. The topological polar surface area (TPSA) is 77.8 Å². The molecule has 4 fully saturated rings. The quantitative estimate of drug-likeness (QED) is 0.519. The number of allylic oxidation sites excluding steroid dienone is 4. The second-order valence-electron chi connectivity index (χ2n) is 13.9. The van der Waals surface area contributed by atoms with Crippen molar-refractivity contribution in [2.45, 2.75) is 64.5 Å². The molecule has 7 rings (SSSR count). The number of fused-ring (bicyclic) bond motifs is 8. The van der Waals surface area contributed by atoms with Crippen LogP contribution in [0.15, 0.2) is 54.1 Å². The van der Waals surface area contributed by atoms with Crippen molar-refractivity contribution in [2.24, 2.45) is 33.5 Å². The number of likely N-dealkylation sites (tertiary alicyclic amines) is 1. The van der Waals surface area contributed by atoms with E-state index in [-0.39, 0.29) is 35.9 Å². The summed E-state index contributed by atoms with van der Waals surface area (Å²) < 4.78 is 34.9. The molecule has 1 aromatic carbocycles. The van der Waals surface area contributed by atoms with Crippen LogP contribution in [0, 0.1) is 33.5 Å². The number of carbonyl (C=O) groups is 2. The van der Waals surface area contributed by atoms with E-state index < -0.39 is 52.1 Å². The second kappa shape index (κ2) is 8.65. The van der Waals surface area contributed by atoms with Gasteiger partial charge in [0.15, 0.2) is 17.2 Å². The van der Waals surface area contributed by atoms with E-state index in [0.717, 1.165) is 0 Å². The summed E-state index contributed by atoms with van der Waals surface area (Å²) in [7, 11) is 0. The highest BCUT2D eigenvalue weighted by Gasteiger charge is 2.81. The van der Waals surface area contributed by atoms with E-state index in [4.69, 9.17) is 0 Å². The number of carbonyl (C=O) groups excluding carboxylic acids is 2. The van der Waals surface area contributed by atoms with E-state index in [0.29, 0.717) is 26.1 Å². The molecular weight excluding hydrogens is 544 g/mol. The minimum absolute atomic E-state index is 0.0249.